The van der Waals surface area contributed by atoms with E-state index in [4.69, 9.17) is 0 Å². The van der Waals surface area contributed by atoms with Crippen molar-refractivity contribution in [2.45, 2.75) is 25.7 Å². The van der Waals surface area contributed by atoms with Crippen LogP contribution in [0, 0.1) is 12.7 Å². The van der Waals surface area contributed by atoms with Gasteiger partial charge in [0.25, 0.3) is 0 Å². The van der Waals surface area contributed by atoms with Gasteiger partial charge in [0.05, 0.1) is 11.3 Å². The summed E-state index contributed by atoms with van der Waals surface area (Å²) in [6.45, 7) is 4.35. The van der Waals surface area contributed by atoms with E-state index in [0.29, 0.717) is 31.0 Å². The van der Waals surface area contributed by atoms with Gasteiger partial charge in [0.15, 0.2) is 5.65 Å². The zero-order chi connectivity index (χ0) is 24.7. The van der Waals surface area contributed by atoms with Crippen molar-refractivity contribution in [3.05, 3.63) is 76.7 Å². The van der Waals surface area contributed by atoms with Crippen molar-refractivity contribution in [3.63, 3.8) is 0 Å². The molecule has 0 radical (unpaired) electrons. The monoisotopic (exact) mass is 485 g/mol. The van der Waals surface area contributed by atoms with Gasteiger partial charge in [-0.3, -0.25) is 10.00 Å². The van der Waals surface area contributed by atoms with E-state index in [0.717, 1.165) is 47.0 Å². The molecule has 2 aromatic heterocycles. The van der Waals surface area contributed by atoms with Gasteiger partial charge in [-0.15, -0.1) is 0 Å². The molecule has 10 heteroatoms. The summed E-state index contributed by atoms with van der Waals surface area (Å²) >= 11 is 0. The average molecular weight is 485 g/mol. The van der Waals surface area contributed by atoms with Crippen molar-refractivity contribution < 1.29 is 22.7 Å². The first kappa shape index (κ1) is 23.3. The first-order chi connectivity index (χ1) is 16.7. The first-order valence-electron chi connectivity index (χ1n) is 11.2. The molecule has 4 aromatic rings. The number of phenolic OH excluding ortho intramolecular Hbond substituents is 1. The van der Waals surface area contributed by atoms with Crippen molar-refractivity contribution in [3.8, 4) is 17.0 Å². The number of H-pyrrole nitrogens is 1. The van der Waals surface area contributed by atoms with Crippen LogP contribution in [0.5, 0.6) is 5.75 Å². The molecule has 0 bridgehead atoms. The highest BCUT2D eigenvalue weighted by molar-refractivity contribution is 5.84. The standard InChI is InChI=1S/C25H23F4N5O/c1-14-23-16(10-21(31-24(23)33-32-14)19-7-6-18(35)11-20(19)26)13-34-9-8-30-12-22(34)15-2-4-17(5-3-15)25(27,28)29/h2-7,10-11,22,30,35H,8-9,12-13H2,1H3,(H,31,32,33). The molecule has 0 saturated carbocycles. The van der Waals surface area contributed by atoms with Crippen molar-refractivity contribution in [2.24, 2.45) is 0 Å². The van der Waals surface area contributed by atoms with Crippen LogP contribution in [-0.2, 0) is 12.7 Å². The first-order valence-corrected chi connectivity index (χ1v) is 11.2. The molecule has 1 unspecified atom stereocenters. The maximum atomic E-state index is 14.6. The Labute approximate surface area is 198 Å². The summed E-state index contributed by atoms with van der Waals surface area (Å²) in [5, 5.41) is 20.9. The van der Waals surface area contributed by atoms with Crippen LogP contribution in [0.3, 0.4) is 0 Å². The predicted octanol–water partition coefficient (Wildman–Crippen LogP) is 4.94. The number of aromatic nitrogens is 3. The summed E-state index contributed by atoms with van der Waals surface area (Å²) in [6.07, 6.45) is -4.38. The van der Waals surface area contributed by atoms with Crippen LogP contribution >= 0.6 is 0 Å². The lowest BCUT2D eigenvalue weighted by atomic mass is 9.99. The third-order valence-corrected chi connectivity index (χ3v) is 6.37. The summed E-state index contributed by atoms with van der Waals surface area (Å²) in [5.41, 5.74) is 2.88. The van der Waals surface area contributed by atoms with Crippen LogP contribution in [0.2, 0.25) is 0 Å². The summed E-state index contributed by atoms with van der Waals surface area (Å²) in [4.78, 5) is 6.71. The predicted molar refractivity (Wildman–Crippen MR) is 123 cm³/mol. The van der Waals surface area contributed by atoms with E-state index in [1.807, 2.05) is 13.0 Å². The smallest absolute Gasteiger partial charge is 0.416 e. The number of aryl methyl sites for hydroxylation is 1. The molecular weight excluding hydrogens is 462 g/mol. The van der Waals surface area contributed by atoms with Crippen LogP contribution in [0.15, 0.2) is 48.5 Å². The van der Waals surface area contributed by atoms with Gasteiger partial charge in [-0.05, 0) is 48.4 Å². The Morgan fingerprint density at radius 3 is 2.60 bits per heavy atom. The largest absolute Gasteiger partial charge is 0.508 e. The lowest BCUT2D eigenvalue weighted by Gasteiger charge is -2.37. The number of hydrogen-bond acceptors (Lipinski definition) is 5. The minimum atomic E-state index is -4.38. The Morgan fingerprint density at radius 2 is 1.89 bits per heavy atom. The molecule has 3 N–H and O–H groups in total. The van der Waals surface area contributed by atoms with E-state index < -0.39 is 17.6 Å². The normalized spacial score (nSPS) is 17.2. The Balaban J connectivity index is 1.52. The van der Waals surface area contributed by atoms with Gasteiger partial charge in [0.2, 0.25) is 0 Å². The van der Waals surface area contributed by atoms with Crippen LogP contribution in [0.25, 0.3) is 22.3 Å². The van der Waals surface area contributed by atoms with Crippen molar-refractivity contribution >= 4 is 11.0 Å². The number of nitrogens with one attached hydrogen (secondary N) is 2. The molecule has 1 fully saturated rings. The van der Waals surface area contributed by atoms with E-state index in [-0.39, 0.29) is 17.4 Å². The average Bonchev–Trinajstić information content (AvgIpc) is 3.20. The number of piperazine rings is 1. The molecule has 2 aromatic carbocycles. The number of phenols is 1. The molecule has 1 aliphatic heterocycles. The molecule has 1 saturated heterocycles. The second kappa shape index (κ2) is 8.94. The molecule has 182 valence electrons. The fourth-order valence-electron chi connectivity index (χ4n) is 4.62. The molecule has 35 heavy (non-hydrogen) atoms. The quantitative estimate of drug-likeness (QED) is 0.357. The van der Waals surface area contributed by atoms with Gasteiger partial charge >= 0.3 is 6.18 Å². The van der Waals surface area contributed by atoms with Gasteiger partial charge in [-0.1, -0.05) is 12.1 Å². The fraction of sp³-hybridized carbons (Fsp3) is 0.280. The van der Waals surface area contributed by atoms with Crippen LogP contribution in [0.1, 0.15) is 28.4 Å². The Morgan fingerprint density at radius 1 is 1.11 bits per heavy atom. The molecule has 0 amide bonds. The zero-order valence-corrected chi connectivity index (χ0v) is 18.8. The van der Waals surface area contributed by atoms with Crippen LogP contribution in [0.4, 0.5) is 17.6 Å². The summed E-state index contributed by atoms with van der Waals surface area (Å²) < 4.78 is 53.7. The highest BCUT2D eigenvalue weighted by Crippen LogP contribution is 2.34. The van der Waals surface area contributed by atoms with E-state index in [2.05, 4.69) is 25.4 Å². The lowest BCUT2D eigenvalue weighted by molar-refractivity contribution is -0.137. The van der Waals surface area contributed by atoms with E-state index in [9.17, 15) is 22.7 Å². The zero-order valence-electron chi connectivity index (χ0n) is 18.8. The van der Waals surface area contributed by atoms with Gasteiger partial charge < -0.3 is 10.4 Å². The third-order valence-electron chi connectivity index (χ3n) is 6.37. The van der Waals surface area contributed by atoms with E-state index in [1.165, 1.54) is 24.3 Å². The van der Waals surface area contributed by atoms with E-state index >= 15 is 0 Å². The number of rotatable bonds is 4. The van der Waals surface area contributed by atoms with Crippen LogP contribution < -0.4 is 5.32 Å². The summed E-state index contributed by atoms with van der Waals surface area (Å²) in [7, 11) is 0. The summed E-state index contributed by atoms with van der Waals surface area (Å²) in [6, 6.07) is 10.8. The number of nitrogens with zero attached hydrogens (tertiary/aromatic N) is 3. The number of benzene rings is 2. The molecule has 0 aliphatic carbocycles. The fourth-order valence-corrected chi connectivity index (χ4v) is 4.62. The Hall–Kier alpha value is -3.50. The number of fused-ring (bicyclic) bond motifs is 1. The molecule has 1 aliphatic rings. The number of halogens is 4. The molecule has 3 heterocycles. The van der Waals surface area contributed by atoms with Crippen LogP contribution in [-0.4, -0.2) is 44.8 Å². The van der Waals surface area contributed by atoms with Crippen molar-refractivity contribution in [2.75, 3.05) is 19.6 Å². The third kappa shape index (κ3) is 4.59. The maximum absolute atomic E-state index is 14.6. The van der Waals surface area contributed by atoms with Gasteiger partial charge in [-0.25, -0.2) is 9.37 Å². The van der Waals surface area contributed by atoms with Crippen molar-refractivity contribution in [1.29, 1.82) is 0 Å². The number of pyridine rings is 1. The van der Waals surface area contributed by atoms with Crippen molar-refractivity contribution in [1.82, 2.24) is 25.4 Å². The molecule has 6 nitrogen and oxygen atoms in total. The maximum Gasteiger partial charge on any atom is 0.416 e. The van der Waals surface area contributed by atoms with E-state index in [1.54, 1.807) is 0 Å². The van der Waals surface area contributed by atoms with Gasteiger partial charge in [0, 0.05) is 54.9 Å². The second-order valence-corrected chi connectivity index (χ2v) is 8.69. The molecular formula is C25H23F4N5O. The SMILES string of the molecule is Cc1[nH]nc2nc(-c3ccc(O)cc3F)cc(CN3CCNCC3c3ccc(C(F)(F)F)cc3)c12. The Kier molecular flexibility index (Phi) is 5.94. The number of aromatic hydroxyl groups is 1. The number of hydrogen-bond donors (Lipinski definition) is 3. The minimum Gasteiger partial charge on any atom is -0.508 e. The van der Waals surface area contributed by atoms with Gasteiger partial charge in [-0.2, -0.15) is 18.3 Å². The highest BCUT2D eigenvalue weighted by atomic mass is 19.4. The number of aromatic amines is 1. The second-order valence-electron chi connectivity index (χ2n) is 8.69. The van der Waals surface area contributed by atoms with Gasteiger partial charge in [0.1, 0.15) is 11.6 Å². The minimum absolute atomic E-state index is 0.143. The number of alkyl halides is 3. The molecule has 1 atom stereocenters. The topological polar surface area (TPSA) is 77.1 Å². The lowest BCUT2D eigenvalue weighted by Crippen LogP contribution is -2.45. The molecule has 0 spiro atoms. The Bertz CT molecular complexity index is 1370. The molecule has 5 rings (SSSR count). The highest BCUT2D eigenvalue weighted by Gasteiger charge is 2.31. The summed E-state index contributed by atoms with van der Waals surface area (Å²) in [5.74, 6) is -0.775.